The number of amides is 2. The highest BCUT2D eigenvalue weighted by molar-refractivity contribution is 5.92. The molecule has 0 atom stereocenters. The van der Waals surface area contributed by atoms with Gasteiger partial charge in [-0.3, -0.25) is 14.5 Å². The Balaban J connectivity index is 1.28. The van der Waals surface area contributed by atoms with Crippen LogP contribution in [0, 0.1) is 13.8 Å². The molecule has 0 bridgehead atoms. The highest BCUT2D eigenvalue weighted by Crippen LogP contribution is 2.32. The van der Waals surface area contributed by atoms with E-state index in [9.17, 15) is 9.59 Å². The summed E-state index contributed by atoms with van der Waals surface area (Å²) in [6, 6.07) is 2.82. The van der Waals surface area contributed by atoms with Crippen molar-refractivity contribution in [3.8, 4) is 0 Å². The first-order chi connectivity index (χ1) is 15.5. The smallest absolute Gasteiger partial charge is 0.246 e. The van der Waals surface area contributed by atoms with Crippen LogP contribution >= 0.6 is 0 Å². The number of carbonyl (C=O) groups is 2. The average molecular weight is 443 g/mol. The minimum Gasteiger partial charge on any atom is -0.378 e. The summed E-state index contributed by atoms with van der Waals surface area (Å²) >= 11 is 0. The summed E-state index contributed by atoms with van der Waals surface area (Å²) in [6.45, 7) is 10.2. The Labute approximate surface area is 192 Å². The first-order valence-electron chi connectivity index (χ1n) is 12.3. The minimum atomic E-state index is 0.0617. The molecule has 0 unspecified atom stereocenters. The molecular weight excluding hydrogens is 404 g/mol. The second-order valence-corrected chi connectivity index (χ2v) is 9.42. The molecule has 32 heavy (non-hydrogen) atoms. The molecular formula is C25H38N4O3. The summed E-state index contributed by atoms with van der Waals surface area (Å²) in [5.41, 5.74) is 3.71. The number of rotatable bonds is 5. The number of hydrogen-bond acceptors (Lipinski definition) is 4. The van der Waals surface area contributed by atoms with Gasteiger partial charge in [0.05, 0.1) is 19.8 Å². The maximum absolute atomic E-state index is 12.8. The lowest BCUT2D eigenvalue weighted by atomic mass is 9.95. The lowest BCUT2D eigenvalue weighted by Gasteiger charge is -2.35. The van der Waals surface area contributed by atoms with E-state index in [2.05, 4.69) is 29.4 Å². The lowest BCUT2D eigenvalue weighted by Crippen LogP contribution is -2.52. The summed E-state index contributed by atoms with van der Waals surface area (Å²) in [7, 11) is 0. The van der Waals surface area contributed by atoms with Gasteiger partial charge in [-0.05, 0) is 44.4 Å². The molecule has 7 nitrogen and oxygen atoms in total. The standard InChI is InChI=1S/C25H38N4O3/c1-20-18-22(21(2)29(20)23-6-4-3-5-7-23)8-9-24(30)27-12-10-26(11-13-27)19-25(31)28-14-16-32-17-15-28/h8-9,18,23H,3-7,10-17,19H2,1-2H3. The fourth-order valence-electron chi connectivity index (χ4n) is 5.37. The van der Waals surface area contributed by atoms with Crippen molar-refractivity contribution in [1.82, 2.24) is 19.3 Å². The number of nitrogens with zero attached hydrogens (tertiary/aromatic N) is 4. The number of aromatic nitrogens is 1. The normalized spacial score (nSPS) is 21.4. The predicted molar refractivity (Wildman–Crippen MR) is 125 cm³/mol. The molecule has 2 saturated heterocycles. The van der Waals surface area contributed by atoms with Gasteiger partial charge in [-0.25, -0.2) is 0 Å². The zero-order chi connectivity index (χ0) is 22.5. The maximum atomic E-state index is 12.8. The van der Waals surface area contributed by atoms with Crippen molar-refractivity contribution in [2.45, 2.75) is 52.0 Å². The van der Waals surface area contributed by atoms with Crippen molar-refractivity contribution in [2.24, 2.45) is 0 Å². The fraction of sp³-hybridized carbons (Fsp3) is 0.680. The van der Waals surface area contributed by atoms with Crippen LogP contribution in [0.3, 0.4) is 0 Å². The van der Waals surface area contributed by atoms with E-state index in [-0.39, 0.29) is 11.8 Å². The van der Waals surface area contributed by atoms with Gasteiger partial charge in [0.2, 0.25) is 11.8 Å². The molecule has 176 valence electrons. The quantitative estimate of drug-likeness (QED) is 0.658. The first-order valence-corrected chi connectivity index (χ1v) is 12.3. The highest BCUT2D eigenvalue weighted by atomic mass is 16.5. The van der Waals surface area contributed by atoms with Gasteiger partial charge in [0, 0.05) is 62.8 Å². The van der Waals surface area contributed by atoms with Gasteiger partial charge < -0.3 is 19.1 Å². The monoisotopic (exact) mass is 442 g/mol. The largest absolute Gasteiger partial charge is 0.378 e. The molecule has 0 spiro atoms. The minimum absolute atomic E-state index is 0.0617. The van der Waals surface area contributed by atoms with E-state index in [0.29, 0.717) is 52.0 Å². The van der Waals surface area contributed by atoms with Gasteiger partial charge in [0.15, 0.2) is 0 Å². The third-order valence-electron chi connectivity index (χ3n) is 7.28. The molecule has 3 fully saturated rings. The van der Waals surface area contributed by atoms with E-state index in [1.54, 1.807) is 6.08 Å². The van der Waals surface area contributed by atoms with Gasteiger partial charge >= 0.3 is 0 Å². The van der Waals surface area contributed by atoms with Crippen LogP contribution in [0.5, 0.6) is 0 Å². The van der Waals surface area contributed by atoms with Crippen molar-refractivity contribution in [2.75, 3.05) is 59.0 Å². The Hall–Kier alpha value is -2.12. The van der Waals surface area contributed by atoms with Gasteiger partial charge in [0.1, 0.15) is 0 Å². The van der Waals surface area contributed by atoms with E-state index >= 15 is 0 Å². The lowest BCUT2D eigenvalue weighted by molar-refractivity contribution is -0.137. The molecule has 1 aromatic rings. The topological polar surface area (TPSA) is 58.0 Å². The number of aryl methyl sites for hydroxylation is 1. The van der Waals surface area contributed by atoms with Crippen LogP contribution in [0.25, 0.3) is 6.08 Å². The van der Waals surface area contributed by atoms with Gasteiger partial charge in [-0.2, -0.15) is 0 Å². The van der Waals surface area contributed by atoms with Gasteiger partial charge in [-0.1, -0.05) is 19.3 Å². The van der Waals surface area contributed by atoms with Crippen LogP contribution in [0.1, 0.15) is 55.1 Å². The van der Waals surface area contributed by atoms with Gasteiger partial charge in [-0.15, -0.1) is 0 Å². The van der Waals surface area contributed by atoms with Crippen molar-refractivity contribution in [3.05, 3.63) is 29.1 Å². The van der Waals surface area contributed by atoms with Crippen molar-refractivity contribution in [3.63, 3.8) is 0 Å². The Morgan fingerprint density at radius 2 is 1.66 bits per heavy atom. The molecule has 1 aliphatic carbocycles. The van der Waals surface area contributed by atoms with Crippen LogP contribution in [0.2, 0.25) is 0 Å². The van der Waals surface area contributed by atoms with Crippen molar-refractivity contribution < 1.29 is 14.3 Å². The van der Waals surface area contributed by atoms with Crippen LogP contribution in [-0.4, -0.2) is 90.1 Å². The molecule has 0 radical (unpaired) electrons. The second kappa shape index (κ2) is 10.7. The van der Waals surface area contributed by atoms with E-state index in [1.165, 1.54) is 43.5 Å². The molecule has 1 saturated carbocycles. The van der Waals surface area contributed by atoms with E-state index in [0.717, 1.165) is 18.7 Å². The summed E-state index contributed by atoms with van der Waals surface area (Å²) in [5.74, 6) is 0.230. The third-order valence-corrected chi connectivity index (χ3v) is 7.28. The van der Waals surface area contributed by atoms with E-state index < -0.39 is 0 Å². The van der Waals surface area contributed by atoms with Crippen molar-refractivity contribution >= 4 is 17.9 Å². The second-order valence-electron chi connectivity index (χ2n) is 9.42. The maximum Gasteiger partial charge on any atom is 0.246 e. The van der Waals surface area contributed by atoms with Crippen LogP contribution in [-0.2, 0) is 14.3 Å². The number of piperazine rings is 1. The number of hydrogen-bond donors (Lipinski definition) is 0. The molecule has 7 heteroatoms. The molecule has 0 aromatic carbocycles. The Bertz CT molecular complexity index is 826. The molecule has 4 rings (SSSR count). The summed E-state index contributed by atoms with van der Waals surface area (Å²) in [6.07, 6.45) is 10.2. The predicted octanol–water partition coefficient (Wildman–Crippen LogP) is 2.63. The summed E-state index contributed by atoms with van der Waals surface area (Å²) < 4.78 is 7.80. The zero-order valence-corrected chi connectivity index (χ0v) is 19.7. The molecule has 0 N–H and O–H groups in total. The molecule has 3 heterocycles. The summed E-state index contributed by atoms with van der Waals surface area (Å²) in [5, 5.41) is 0. The molecule has 3 aliphatic rings. The SMILES string of the molecule is Cc1cc(C=CC(=O)N2CCN(CC(=O)N3CCOCC3)CC2)c(C)n1C1CCCCC1. The highest BCUT2D eigenvalue weighted by Gasteiger charge is 2.24. The van der Waals surface area contributed by atoms with Crippen LogP contribution in [0.15, 0.2) is 12.1 Å². The average Bonchev–Trinajstić information content (AvgIpc) is 3.12. The zero-order valence-electron chi connectivity index (χ0n) is 19.7. The Morgan fingerprint density at radius 3 is 2.34 bits per heavy atom. The van der Waals surface area contributed by atoms with Gasteiger partial charge in [0.25, 0.3) is 0 Å². The van der Waals surface area contributed by atoms with Crippen LogP contribution in [0.4, 0.5) is 0 Å². The Morgan fingerprint density at radius 1 is 0.969 bits per heavy atom. The third kappa shape index (κ3) is 5.44. The number of ether oxygens (including phenoxy) is 1. The Kier molecular flexibility index (Phi) is 7.68. The van der Waals surface area contributed by atoms with Crippen molar-refractivity contribution in [1.29, 1.82) is 0 Å². The van der Waals surface area contributed by atoms with E-state index in [4.69, 9.17) is 4.74 Å². The number of carbonyl (C=O) groups excluding carboxylic acids is 2. The van der Waals surface area contributed by atoms with Crippen LogP contribution < -0.4 is 0 Å². The fourth-order valence-corrected chi connectivity index (χ4v) is 5.37. The summed E-state index contributed by atoms with van der Waals surface area (Å²) in [4.78, 5) is 31.2. The van der Waals surface area contributed by atoms with E-state index in [1.807, 2.05) is 15.9 Å². The first kappa shape index (κ1) is 23.1. The molecule has 2 aliphatic heterocycles. The molecule has 2 amide bonds. The number of morpholine rings is 1. The molecule has 1 aromatic heterocycles.